The molecule has 0 aliphatic carbocycles. The van der Waals surface area contributed by atoms with Gasteiger partial charge in [-0.25, -0.2) is 0 Å². The van der Waals surface area contributed by atoms with E-state index in [1.54, 1.807) is 0 Å². The molecule has 58 valence electrons. The lowest BCUT2D eigenvalue weighted by Gasteiger charge is -2.18. The highest BCUT2D eigenvalue weighted by atomic mass is 16.1. The molecule has 0 aliphatic heterocycles. The predicted molar refractivity (Wildman–Crippen MR) is 43.9 cm³/mol. The maximum absolute atomic E-state index is 10.2. The summed E-state index contributed by atoms with van der Waals surface area (Å²) in [5.74, 6) is 0. The van der Waals surface area contributed by atoms with E-state index in [4.69, 9.17) is 0 Å². The third-order valence-corrected chi connectivity index (χ3v) is 1.54. The number of hydrogen-bond donors (Lipinski definition) is 0. The second-order valence-corrected chi connectivity index (χ2v) is 3.31. The van der Waals surface area contributed by atoms with E-state index in [-0.39, 0.29) is 5.41 Å². The van der Waals surface area contributed by atoms with Crippen molar-refractivity contribution in [1.29, 1.82) is 0 Å². The summed E-state index contributed by atoms with van der Waals surface area (Å²) >= 11 is 0. The summed E-state index contributed by atoms with van der Waals surface area (Å²) in [5, 5.41) is 0. The van der Waals surface area contributed by atoms with Gasteiger partial charge in [0.2, 0.25) is 0 Å². The highest BCUT2D eigenvalue weighted by Crippen LogP contribution is 2.23. The molecule has 0 aromatic heterocycles. The third kappa shape index (κ3) is 4.30. The fourth-order valence-corrected chi connectivity index (χ4v) is 0.746. The maximum Gasteiger partial charge on any atom is 0.120 e. The fourth-order valence-electron chi connectivity index (χ4n) is 0.746. The van der Waals surface area contributed by atoms with Crippen molar-refractivity contribution < 1.29 is 4.79 Å². The van der Waals surface area contributed by atoms with Crippen LogP contribution in [0.2, 0.25) is 0 Å². The van der Waals surface area contributed by atoms with E-state index in [0.29, 0.717) is 6.42 Å². The first kappa shape index (κ1) is 9.41. The average molecular weight is 140 g/mol. The fraction of sp³-hybridized carbons (Fsp3) is 0.667. The molecule has 10 heavy (non-hydrogen) atoms. The van der Waals surface area contributed by atoms with Crippen molar-refractivity contribution in [1.82, 2.24) is 0 Å². The van der Waals surface area contributed by atoms with Crippen molar-refractivity contribution in [2.45, 2.75) is 33.6 Å². The minimum Gasteiger partial charge on any atom is -0.303 e. The van der Waals surface area contributed by atoms with Crippen molar-refractivity contribution in [2.75, 3.05) is 0 Å². The average Bonchev–Trinajstić information content (AvgIpc) is 1.84. The Morgan fingerprint density at radius 1 is 1.30 bits per heavy atom. The van der Waals surface area contributed by atoms with Crippen LogP contribution in [0.15, 0.2) is 12.2 Å². The van der Waals surface area contributed by atoms with Crippen molar-refractivity contribution in [3.8, 4) is 0 Å². The lowest BCUT2D eigenvalue weighted by Crippen LogP contribution is -2.09. The van der Waals surface area contributed by atoms with Gasteiger partial charge in [-0.3, -0.25) is 0 Å². The van der Waals surface area contributed by atoms with E-state index in [2.05, 4.69) is 19.9 Å². The van der Waals surface area contributed by atoms with Crippen LogP contribution in [-0.4, -0.2) is 6.29 Å². The molecule has 1 heteroatoms. The van der Waals surface area contributed by atoms with Crippen LogP contribution in [0.4, 0.5) is 0 Å². The third-order valence-electron chi connectivity index (χ3n) is 1.54. The van der Waals surface area contributed by atoms with Gasteiger partial charge in [-0.2, -0.15) is 0 Å². The van der Waals surface area contributed by atoms with Crippen LogP contribution in [0.25, 0.3) is 0 Å². The summed E-state index contributed by atoms with van der Waals surface area (Å²) in [4.78, 5) is 10.2. The monoisotopic (exact) mass is 140 g/mol. The summed E-state index contributed by atoms with van der Waals surface area (Å²) < 4.78 is 0. The molecule has 0 heterocycles. The van der Waals surface area contributed by atoms with Gasteiger partial charge in [0, 0.05) is 6.42 Å². The molecule has 0 spiro atoms. The van der Waals surface area contributed by atoms with Crippen molar-refractivity contribution in [2.24, 2.45) is 5.41 Å². The summed E-state index contributed by atoms with van der Waals surface area (Å²) in [6.45, 7) is 6.19. The normalized spacial score (nSPS) is 12.3. The van der Waals surface area contributed by atoms with Gasteiger partial charge in [0.1, 0.15) is 6.29 Å². The Kier molecular flexibility index (Phi) is 4.01. The molecule has 0 amide bonds. The Hall–Kier alpha value is -0.590. The van der Waals surface area contributed by atoms with E-state index < -0.39 is 0 Å². The molecular formula is C9H16O. The summed E-state index contributed by atoms with van der Waals surface area (Å²) in [6.07, 6.45) is 6.75. The first-order chi connectivity index (χ1) is 4.62. The lowest BCUT2D eigenvalue weighted by molar-refractivity contribution is -0.109. The predicted octanol–water partition coefficient (Wildman–Crippen LogP) is 2.57. The van der Waals surface area contributed by atoms with Crippen LogP contribution < -0.4 is 0 Å². The largest absolute Gasteiger partial charge is 0.303 e. The van der Waals surface area contributed by atoms with Gasteiger partial charge in [-0.05, 0) is 18.8 Å². The minimum atomic E-state index is 0.147. The van der Waals surface area contributed by atoms with E-state index in [9.17, 15) is 4.79 Å². The van der Waals surface area contributed by atoms with Crippen molar-refractivity contribution in [3.05, 3.63) is 12.2 Å². The van der Waals surface area contributed by atoms with Crippen LogP contribution in [0.1, 0.15) is 33.6 Å². The van der Waals surface area contributed by atoms with Crippen LogP contribution in [-0.2, 0) is 4.79 Å². The zero-order chi connectivity index (χ0) is 8.04. The number of carbonyl (C=O) groups excluding carboxylic acids is 1. The van der Waals surface area contributed by atoms with Gasteiger partial charge in [-0.15, -0.1) is 0 Å². The molecule has 1 nitrogen and oxygen atoms in total. The number of allylic oxidation sites excluding steroid dienone is 2. The highest BCUT2D eigenvalue weighted by Gasteiger charge is 2.14. The van der Waals surface area contributed by atoms with Gasteiger partial charge in [0.25, 0.3) is 0 Å². The Bertz CT molecular complexity index is 123. The molecule has 0 rings (SSSR count). The molecule has 0 aromatic rings. The van der Waals surface area contributed by atoms with Gasteiger partial charge >= 0.3 is 0 Å². The molecule has 0 unspecified atom stereocenters. The Labute approximate surface area is 63.1 Å². The standard InChI is InChI=1S/C9H16O/c1-4-5-6-9(2,3)7-8-10/h4-5,8H,6-7H2,1-3H3/b5-4+. The van der Waals surface area contributed by atoms with Crippen LogP contribution in [0.5, 0.6) is 0 Å². The summed E-state index contributed by atoms with van der Waals surface area (Å²) in [6, 6.07) is 0. The quantitative estimate of drug-likeness (QED) is 0.433. The molecule has 0 radical (unpaired) electrons. The zero-order valence-electron chi connectivity index (χ0n) is 7.05. The molecule has 0 bridgehead atoms. The second kappa shape index (κ2) is 4.26. The molecule has 0 aromatic carbocycles. The van der Waals surface area contributed by atoms with E-state index in [1.165, 1.54) is 0 Å². The van der Waals surface area contributed by atoms with Crippen LogP contribution in [0, 0.1) is 5.41 Å². The molecule has 0 aliphatic rings. The molecule has 0 saturated carbocycles. The SMILES string of the molecule is C/C=C/CC(C)(C)CC=O. The van der Waals surface area contributed by atoms with Crippen LogP contribution >= 0.6 is 0 Å². The Morgan fingerprint density at radius 3 is 2.30 bits per heavy atom. The van der Waals surface area contributed by atoms with Crippen molar-refractivity contribution >= 4 is 6.29 Å². The number of carbonyl (C=O) groups is 1. The smallest absolute Gasteiger partial charge is 0.120 e. The topological polar surface area (TPSA) is 17.1 Å². The van der Waals surface area contributed by atoms with E-state index >= 15 is 0 Å². The van der Waals surface area contributed by atoms with Crippen LogP contribution in [0.3, 0.4) is 0 Å². The molecule has 0 saturated heterocycles. The van der Waals surface area contributed by atoms with Gasteiger partial charge in [0.05, 0.1) is 0 Å². The minimum absolute atomic E-state index is 0.147. The molecule has 0 N–H and O–H groups in total. The number of rotatable bonds is 4. The highest BCUT2D eigenvalue weighted by molar-refractivity contribution is 5.50. The zero-order valence-corrected chi connectivity index (χ0v) is 7.05. The first-order valence-electron chi connectivity index (χ1n) is 3.67. The van der Waals surface area contributed by atoms with E-state index in [0.717, 1.165) is 12.7 Å². The van der Waals surface area contributed by atoms with Gasteiger partial charge in [-0.1, -0.05) is 26.0 Å². The first-order valence-corrected chi connectivity index (χ1v) is 3.67. The lowest BCUT2D eigenvalue weighted by atomic mass is 9.86. The van der Waals surface area contributed by atoms with Crippen molar-refractivity contribution in [3.63, 3.8) is 0 Å². The van der Waals surface area contributed by atoms with E-state index in [1.807, 2.05) is 13.0 Å². The summed E-state index contributed by atoms with van der Waals surface area (Å²) in [7, 11) is 0. The maximum atomic E-state index is 10.2. The van der Waals surface area contributed by atoms with Gasteiger partial charge < -0.3 is 4.79 Å². The number of aldehydes is 1. The molecule has 0 fully saturated rings. The molecular weight excluding hydrogens is 124 g/mol. The second-order valence-electron chi connectivity index (χ2n) is 3.31. The summed E-state index contributed by atoms with van der Waals surface area (Å²) in [5.41, 5.74) is 0.147. The van der Waals surface area contributed by atoms with Gasteiger partial charge in [0.15, 0.2) is 0 Å². The number of hydrogen-bond acceptors (Lipinski definition) is 1. The molecule has 0 atom stereocenters. The Morgan fingerprint density at radius 2 is 1.90 bits per heavy atom. The Balaban J connectivity index is 3.73.